The number of nitrogens with one attached hydrogen (secondary N) is 2. The lowest BCUT2D eigenvalue weighted by molar-refractivity contribution is -0.384. The highest BCUT2D eigenvalue weighted by atomic mass is 16.6. The maximum Gasteiger partial charge on any atom is 0.319 e. The number of urea groups is 1. The van der Waals surface area contributed by atoms with Crippen molar-refractivity contribution in [2.24, 2.45) is 0 Å². The Hall–Kier alpha value is -3.75. The molecule has 2 aromatic rings. The zero-order valence-electron chi connectivity index (χ0n) is 17.6. The number of nitro groups is 1. The number of rotatable bonds is 6. The number of nitro benzene ring substituents is 1. The summed E-state index contributed by atoms with van der Waals surface area (Å²) in [5, 5.41) is 16.5. The van der Waals surface area contributed by atoms with Gasteiger partial charge in [-0.15, -0.1) is 0 Å². The molecule has 9 heteroatoms. The van der Waals surface area contributed by atoms with Crippen molar-refractivity contribution in [2.45, 2.75) is 32.6 Å². The van der Waals surface area contributed by atoms with Gasteiger partial charge in [-0.2, -0.15) is 0 Å². The first-order valence-corrected chi connectivity index (χ1v) is 9.88. The van der Waals surface area contributed by atoms with Crippen LogP contribution in [0.15, 0.2) is 42.5 Å². The van der Waals surface area contributed by atoms with Gasteiger partial charge in [0.1, 0.15) is 0 Å². The topological polar surface area (TPSA) is 122 Å². The van der Waals surface area contributed by atoms with Gasteiger partial charge in [-0.05, 0) is 29.5 Å². The molecule has 0 saturated carbocycles. The van der Waals surface area contributed by atoms with Crippen molar-refractivity contribution in [1.82, 2.24) is 10.2 Å². The van der Waals surface area contributed by atoms with Crippen molar-refractivity contribution in [3.05, 3.63) is 69.3 Å². The van der Waals surface area contributed by atoms with Gasteiger partial charge in [-0.3, -0.25) is 24.6 Å². The zero-order chi connectivity index (χ0) is 22.8. The zero-order valence-corrected chi connectivity index (χ0v) is 17.6. The second kappa shape index (κ2) is 8.55. The summed E-state index contributed by atoms with van der Waals surface area (Å²) in [7, 11) is 0. The lowest BCUT2D eigenvalue weighted by Gasteiger charge is -2.23. The second-order valence-electron chi connectivity index (χ2n) is 8.28. The van der Waals surface area contributed by atoms with E-state index < -0.39 is 16.7 Å². The molecule has 0 radical (unpaired) electrons. The summed E-state index contributed by atoms with van der Waals surface area (Å²) < 4.78 is 0. The van der Waals surface area contributed by atoms with Crippen LogP contribution in [0.5, 0.6) is 0 Å². The number of nitrogens with zero attached hydrogens (tertiary/aromatic N) is 2. The summed E-state index contributed by atoms with van der Waals surface area (Å²) in [6.07, 6.45) is 0.349. The Balaban J connectivity index is 1.54. The Labute approximate surface area is 179 Å². The number of non-ortho nitro benzene ring substituents is 1. The van der Waals surface area contributed by atoms with E-state index >= 15 is 0 Å². The second-order valence-corrected chi connectivity index (χ2v) is 8.28. The first-order chi connectivity index (χ1) is 14.6. The van der Waals surface area contributed by atoms with E-state index in [2.05, 4.69) is 31.4 Å². The molecule has 1 heterocycles. The molecule has 0 spiro atoms. The molecule has 4 amide bonds. The molecule has 162 valence electrons. The maximum absolute atomic E-state index is 12.5. The molecule has 3 rings (SSSR count). The first-order valence-electron chi connectivity index (χ1n) is 9.88. The van der Waals surface area contributed by atoms with Crippen molar-refractivity contribution in [1.29, 1.82) is 0 Å². The average Bonchev–Trinajstić information content (AvgIpc) is 2.95. The Kier molecular flexibility index (Phi) is 6.05. The van der Waals surface area contributed by atoms with Gasteiger partial charge in [-0.25, -0.2) is 4.79 Å². The first kappa shape index (κ1) is 21.9. The minimum absolute atomic E-state index is 0.0312. The summed E-state index contributed by atoms with van der Waals surface area (Å²) in [6, 6.07) is 10.8. The molecule has 2 N–H and O–H groups in total. The molecule has 9 nitrogen and oxygen atoms in total. The molecule has 0 bridgehead atoms. The monoisotopic (exact) mass is 424 g/mol. The molecule has 0 aliphatic carbocycles. The molecule has 0 unspecified atom stereocenters. The highest BCUT2D eigenvalue weighted by Gasteiger charge is 2.36. The number of carbonyl (C=O) groups is 3. The molecule has 0 fully saturated rings. The fourth-order valence-corrected chi connectivity index (χ4v) is 3.45. The lowest BCUT2D eigenvalue weighted by atomic mass is 9.86. The van der Waals surface area contributed by atoms with E-state index in [9.17, 15) is 24.5 Å². The summed E-state index contributed by atoms with van der Waals surface area (Å²) in [6.45, 7) is 6.52. The largest absolute Gasteiger partial charge is 0.338 e. The number of imide groups is 1. The van der Waals surface area contributed by atoms with Crippen molar-refractivity contribution in [3.63, 3.8) is 0 Å². The van der Waals surface area contributed by atoms with Crippen LogP contribution < -0.4 is 10.6 Å². The van der Waals surface area contributed by atoms with Crippen LogP contribution in [0.25, 0.3) is 0 Å². The summed E-state index contributed by atoms with van der Waals surface area (Å²) in [4.78, 5) is 48.5. The Morgan fingerprint density at radius 1 is 1.06 bits per heavy atom. The van der Waals surface area contributed by atoms with Gasteiger partial charge in [-0.1, -0.05) is 39.0 Å². The van der Waals surface area contributed by atoms with E-state index in [1.54, 1.807) is 0 Å². The quantitative estimate of drug-likeness (QED) is 0.317. The van der Waals surface area contributed by atoms with Crippen LogP contribution in [0.2, 0.25) is 0 Å². The molecular weight excluding hydrogens is 400 g/mol. The Morgan fingerprint density at radius 2 is 1.74 bits per heavy atom. The molecule has 1 aliphatic rings. The predicted octanol–water partition coefficient (Wildman–Crippen LogP) is 3.70. The third-order valence-electron chi connectivity index (χ3n) is 4.99. The molecule has 0 saturated heterocycles. The maximum atomic E-state index is 12.5. The van der Waals surface area contributed by atoms with Gasteiger partial charge in [0.15, 0.2) is 0 Å². The SMILES string of the molecule is CC(C)(C)c1ccccc1NC(=O)NCCCN1C(=O)c2ccc([N+](=O)[O-])cc2C1=O. The van der Waals surface area contributed by atoms with Crippen LogP contribution in [-0.4, -0.2) is 40.8 Å². The molecule has 31 heavy (non-hydrogen) atoms. The fraction of sp³-hybridized carbons (Fsp3) is 0.318. The van der Waals surface area contributed by atoms with Crippen molar-refractivity contribution >= 4 is 29.2 Å². The highest BCUT2D eigenvalue weighted by Crippen LogP contribution is 2.29. The number of carbonyl (C=O) groups excluding carboxylic acids is 3. The summed E-state index contributed by atoms with van der Waals surface area (Å²) in [5.41, 5.74) is 1.53. The van der Waals surface area contributed by atoms with Crippen LogP contribution in [0.3, 0.4) is 0 Å². The van der Waals surface area contributed by atoms with E-state index in [0.717, 1.165) is 22.2 Å². The van der Waals surface area contributed by atoms with Crippen molar-refractivity contribution < 1.29 is 19.3 Å². The molecule has 2 aromatic carbocycles. The third-order valence-corrected chi connectivity index (χ3v) is 4.99. The van der Waals surface area contributed by atoms with Gasteiger partial charge in [0.25, 0.3) is 17.5 Å². The van der Waals surface area contributed by atoms with E-state index in [0.29, 0.717) is 6.42 Å². The van der Waals surface area contributed by atoms with Crippen LogP contribution in [0.4, 0.5) is 16.2 Å². The van der Waals surface area contributed by atoms with E-state index in [1.807, 2.05) is 24.3 Å². The standard InChI is InChI=1S/C22H24N4O5/c1-22(2,3)17-7-4-5-8-18(17)24-21(29)23-11-6-12-25-19(27)15-10-9-14(26(30)31)13-16(15)20(25)28/h4-5,7-10,13H,6,11-12H2,1-3H3,(H2,23,24,29). The van der Waals surface area contributed by atoms with Crippen LogP contribution in [0.1, 0.15) is 53.5 Å². The van der Waals surface area contributed by atoms with Gasteiger partial charge in [0.05, 0.1) is 16.1 Å². The molecular formula is C22H24N4O5. The molecule has 1 aliphatic heterocycles. The number of hydrogen-bond donors (Lipinski definition) is 2. The minimum atomic E-state index is -0.610. The Morgan fingerprint density at radius 3 is 2.42 bits per heavy atom. The molecule has 0 atom stereocenters. The van der Waals surface area contributed by atoms with E-state index in [-0.39, 0.29) is 41.3 Å². The van der Waals surface area contributed by atoms with Crippen LogP contribution >= 0.6 is 0 Å². The van der Waals surface area contributed by atoms with Crippen molar-refractivity contribution in [2.75, 3.05) is 18.4 Å². The van der Waals surface area contributed by atoms with Gasteiger partial charge < -0.3 is 10.6 Å². The number of anilines is 1. The summed E-state index contributed by atoms with van der Waals surface area (Å²) >= 11 is 0. The number of hydrogen-bond acceptors (Lipinski definition) is 5. The molecule has 0 aromatic heterocycles. The van der Waals surface area contributed by atoms with Crippen molar-refractivity contribution in [3.8, 4) is 0 Å². The van der Waals surface area contributed by atoms with E-state index in [4.69, 9.17) is 0 Å². The number of para-hydroxylation sites is 1. The predicted molar refractivity (Wildman–Crippen MR) is 115 cm³/mol. The number of amides is 4. The van der Waals surface area contributed by atoms with Gasteiger partial charge >= 0.3 is 6.03 Å². The average molecular weight is 424 g/mol. The smallest absolute Gasteiger partial charge is 0.319 e. The Bertz CT molecular complexity index is 1060. The van der Waals surface area contributed by atoms with Crippen LogP contribution in [-0.2, 0) is 5.41 Å². The van der Waals surface area contributed by atoms with Gasteiger partial charge in [0.2, 0.25) is 0 Å². The highest BCUT2D eigenvalue weighted by molar-refractivity contribution is 6.21. The fourth-order valence-electron chi connectivity index (χ4n) is 3.45. The number of fused-ring (bicyclic) bond motifs is 1. The lowest BCUT2D eigenvalue weighted by Crippen LogP contribution is -2.35. The van der Waals surface area contributed by atoms with E-state index in [1.165, 1.54) is 12.1 Å². The minimum Gasteiger partial charge on any atom is -0.338 e. The normalized spacial score (nSPS) is 13.2. The van der Waals surface area contributed by atoms with Crippen LogP contribution in [0, 0.1) is 10.1 Å². The summed E-state index contributed by atoms with van der Waals surface area (Å²) in [5.74, 6) is -1.05. The number of benzene rings is 2. The van der Waals surface area contributed by atoms with Gasteiger partial charge in [0, 0.05) is 30.9 Å². The third kappa shape index (κ3) is 4.71.